The van der Waals surface area contributed by atoms with E-state index in [9.17, 15) is 5.11 Å². The third-order valence-corrected chi connectivity index (χ3v) is 5.37. The molecule has 2 N–H and O–H groups in total. The van der Waals surface area contributed by atoms with Gasteiger partial charge in [0, 0.05) is 17.1 Å². The van der Waals surface area contributed by atoms with E-state index >= 15 is 0 Å². The van der Waals surface area contributed by atoms with Gasteiger partial charge in [0.25, 0.3) is 0 Å². The Labute approximate surface area is 131 Å². The molecular formula is C17H26BrNO. The fraction of sp³-hybridized carbons (Fsp3) is 0.647. The van der Waals surface area contributed by atoms with E-state index in [0.29, 0.717) is 12.0 Å². The topological polar surface area (TPSA) is 32.3 Å². The monoisotopic (exact) mass is 339 g/mol. The summed E-state index contributed by atoms with van der Waals surface area (Å²) in [6.07, 6.45) is 4.01. The van der Waals surface area contributed by atoms with Gasteiger partial charge in [0.2, 0.25) is 0 Å². The van der Waals surface area contributed by atoms with E-state index < -0.39 is 5.60 Å². The number of aliphatic hydroxyl groups is 1. The van der Waals surface area contributed by atoms with Crippen LogP contribution in [-0.4, -0.2) is 17.3 Å². The van der Waals surface area contributed by atoms with Gasteiger partial charge in [-0.1, -0.05) is 48.0 Å². The van der Waals surface area contributed by atoms with Crippen molar-refractivity contribution in [3.05, 3.63) is 34.3 Å². The molecule has 0 aromatic heterocycles. The smallest absolute Gasteiger partial charge is 0.0772 e. The number of hydrogen-bond donors (Lipinski definition) is 2. The largest absolute Gasteiger partial charge is 0.389 e. The van der Waals surface area contributed by atoms with Crippen molar-refractivity contribution in [3.8, 4) is 0 Å². The molecule has 0 saturated heterocycles. The Kier molecular flexibility index (Phi) is 4.93. The van der Waals surface area contributed by atoms with Crippen LogP contribution in [0, 0.1) is 5.41 Å². The quantitative estimate of drug-likeness (QED) is 0.850. The van der Waals surface area contributed by atoms with Crippen LogP contribution in [0.5, 0.6) is 0 Å². The molecule has 0 amide bonds. The average molecular weight is 340 g/mol. The van der Waals surface area contributed by atoms with Crippen molar-refractivity contribution in [1.29, 1.82) is 0 Å². The Morgan fingerprint density at radius 2 is 1.80 bits per heavy atom. The van der Waals surface area contributed by atoms with Crippen LogP contribution < -0.4 is 5.32 Å². The fourth-order valence-electron chi connectivity index (χ4n) is 2.85. The molecule has 0 aliphatic heterocycles. The normalized spacial score (nSPS) is 22.4. The first-order chi connectivity index (χ1) is 9.31. The molecule has 2 rings (SSSR count). The summed E-state index contributed by atoms with van der Waals surface area (Å²) in [5, 5.41) is 14.2. The summed E-state index contributed by atoms with van der Waals surface area (Å²) in [5.41, 5.74) is 1.10. The Morgan fingerprint density at radius 3 is 2.40 bits per heavy atom. The second-order valence-electron chi connectivity index (χ2n) is 7.01. The van der Waals surface area contributed by atoms with E-state index in [1.54, 1.807) is 0 Å². The van der Waals surface area contributed by atoms with E-state index in [4.69, 9.17) is 0 Å². The lowest BCUT2D eigenvalue weighted by molar-refractivity contribution is -0.0258. The van der Waals surface area contributed by atoms with Gasteiger partial charge in [0.1, 0.15) is 0 Å². The number of rotatable bonds is 4. The molecule has 1 unspecified atom stereocenters. The summed E-state index contributed by atoms with van der Waals surface area (Å²) < 4.78 is 1.12. The predicted molar refractivity (Wildman–Crippen MR) is 87.8 cm³/mol. The molecule has 0 radical (unpaired) electrons. The Hall–Kier alpha value is -0.380. The predicted octanol–water partition coefficient (Wildman–Crippen LogP) is 4.43. The second-order valence-corrected chi connectivity index (χ2v) is 7.87. The molecule has 0 heterocycles. The SMILES string of the molecule is CC(NCC1(O)CCC(C)(C)CC1)c1ccccc1Br. The first kappa shape index (κ1) is 16.0. The van der Waals surface area contributed by atoms with E-state index in [0.717, 1.165) is 30.2 Å². The van der Waals surface area contributed by atoms with Crippen molar-refractivity contribution >= 4 is 15.9 Å². The minimum absolute atomic E-state index is 0.240. The van der Waals surface area contributed by atoms with E-state index in [1.165, 1.54) is 5.56 Å². The lowest BCUT2D eigenvalue weighted by atomic mass is 9.71. The maximum absolute atomic E-state index is 10.7. The van der Waals surface area contributed by atoms with Crippen molar-refractivity contribution < 1.29 is 5.11 Å². The number of benzene rings is 1. The molecule has 1 aliphatic rings. The highest BCUT2D eigenvalue weighted by molar-refractivity contribution is 9.10. The Morgan fingerprint density at radius 1 is 1.20 bits per heavy atom. The van der Waals surface area contributed by atoms with Crippen LogP contribution in [-0.2, 0) is 0 Å². The third-order valence-electron chi connectivity index (χ3n) is 4.64. The molecule has 0 bridgehead atoms. The summed E-state index contributed by atoms with van der Waals surface area (Å²) in [6.45, 7) is 7.41. The minimum Gasteiger partial charge on any atom is -0.389 e. The lowest BCUT2D eigenvalue weighted by Crippen LogP contribution is -2.45. The van der Waals surface area contributed by atoms with Crippen LogP contribution in [0.3, 0.4) is 0 Å². The van der Waals surface area contributed by atoms with Gasteiger partial charge in [-0.15, -0.1) is 0 Å². The van der Waals surface area contributed by atoms with Gasteiger partial charge in [-0.25, -0.2) is 0 Å². The number of halogens is 1. The van der Waals surface area contributed by atoms with Crippen molar-refractivity contribution in [2.24, 2.45) is 5.41 Å². The first-order valence-corrected chi connectivity index (χ1v) is 8.31. The average Bonchev–Trinajstić information content (AvgIpc) is 2.41. The lowest BCUT2D eigenvalue weighted by Gasteiger charge is -2.40. The van der Waals surface area contributed by atoms with Gasteiger partial charge in [-0.2, -0.15) is 0 Å². The van der Waals surface area contributed by atoms with Gasteiger partial charge in [-0.3, -0.25) is 0 Å². The third kappa shape index (κ3) is 4.06. The van der Waals surface area contributed by atoms with Gasteiger partial charge in [0.15, 0.2) is 0 Å². The number of nitrogens with one attached hydrogen (secondary N) is 1. The molecule has 112 valence electrons. The molecule has 1 fully saturated rings. The van der Waals surface area contributed by atoms with Crippen molar-refractivity contribution in [2.75, 3.05) is 6.54 Å². The minimum atomic E-state index is -0.537. The molecular weight excluding hydrogens is 314 g/mol. The molecule has 1 atom stereocenters. The highest BCUT2D eigenvalue weighted by Crippen LogP contribution is 2.40. The molecule has 1 aromatic rings. The van der Waals surface area contributed by atoms with Crippen LogP contribution in [0.25, 0.3) is 0 Å². The molecule has 1 aliphatic carbocycles. The summed E-state index contributed by atoms with van der Waals surface area (Å²) >= 11 is 3.59. The Bertz CT molecular complexity index is 448. The standard InChI is InChI=1S/C17H26BrNO/c1-13(14-6-4-5-7-15(14)18)19-12-17(20)10-8-16(2,3)9-11-17/h4-7,13,19-20H,8-12H2,1-3H3. The molecule has 2 nitrogen and oxygen atoms in total. The molecule has 0 spiro atoms. The number of hydrogen-bond acceptors (Lipinski definition) is 2. The van der Waals surface area contributed by atoms with Crippen LogP contribution in [0.4, 0.5) is 0 Å². The fourth-order valence-corrected chi connectivity index (χ4v) is 3.48. The zero-order chi connectivity index (χ0) is 14.8. The van der Waals surface area contributed by atoms with Gasteiger partial charge in [-0.05, 0) is 49.7 Å². The van der Waals surface area contributed by atoms with Gasteiger partial charge in [0.05, 0.1) is 5.60 Å². The van der Waals surface area contributed by atoms with Crippen molar-refractivity contribution in [1.82, 2.24) is 5.32 Å². The molecule has 1 aromatic carbocycles. The van der Waals surface area contributed by atoms with Crippen molar-refractivity contribution in [3.63, 3.8) is 0 Å². The van der Waals surface area contributed by atoms with Gasteiger partial charge < -0.3 is 10.4 Å². The molecule has 20 heavy (non-hydrogen) atoms. The van der Waals surface area contributed by atoms with Crippen molar-refractivity contribution in [2.45, 2.75) is 58.1 Å². The molecule has 1 saturated carbocycles. The highest BCUT2D eigenvalue weighted by Gasteiger charge is 2.36. The summed E-state index contributed by atoms with van der Waals surface area (Å²) in [4.78, 5) is 0. The van der Waals surface area contributed by atoms with E-state index in [1.807, 2.05) is 6.07 Å². The van der Waals surface area contributed by atoms with Crippen LogP contribution in [0.2, 0.25) is 0 Å². The zero-order valence-corrected chi connectivity index (χ0v) is 14.3. The maximum atomic E-state index is 10.7. The maximum Gasteiger partial charge on any atom is 0.0772 e. The first-order valence-electron chi connectivity index (χ1n) is 7.52. The summed E-state index contributed by atoms with van der Waals surface area (Å²) in [7, 11) is 0. The molecule has 3 heteroatoms. The van der Waals surface area contributed by atoms with Gasteiger partial charge >= 0.3 is 0 Å². The van der Waals surface area contributed by atoms with E-state index in [-0.39, 0.29) is 6.04 Å². The van der Waals surface area contributed by atoms with E-state index in [2.05, 4.69) is 60.2 Å². The zero-order valence-electron chi connectivity index (χ0n) is 12.7. The highest BCUT2D eigenvalue weighted by atomic mass is 79.9. The van der Waals surface area contributed by atoms with Crippen LogP contribution in [0.15, 0.2) is 28.7 Å². The summed E-state index contributed by atoms with van der Waals surface area (Å²) in [6, 6.07) is 8.50. The second kappa shape index (κ2) is 6.17. The van der Waals surface area contributed by atoms with Crippen LogP contribution >= 0.6 is 15.9 Å². The Balaban J connectivity index is 1.91. The summed E-state index contributed by atoms with van der Waals surface area (Å²) in [5.74, 6) is 0. The van der Waals surface area contributed by atoms with Crippen LogP contribution in [0.1, 0.15) is 58.1 Å².